The van der Waals surface area contributed by atoms with Crippen molar-refractivity contribution in [2.75, 3.05) is 7.11 Å². The number of carbonyl (C=O) groups is 1. The molecule has 1 N–H and O–H groups in total. The van der Waals surface area contributed by atoms with Gasteiger partial charge in [0.1, 0.15) is 0 Å². The minimum absolute atomic E-state index is 0.167. The molecule has 1 heterocycles. The van der Waals surface area contributed by atoms with Crippen LogP contribution in [0.1, 0.15) is 23.2 Å². The Bertz CT molecular complexity index is 282. The Labute approximate surface area is 78.1 Å². The zero-order valence-electron chi connectivity index (χ0n) is 8.23. The van der Waals surface area contributed by atoms with Crippen molar-refractivity contribution in [2.24, 2.45) is 0 Å². The van der Waals surface area contributed by atoms with E-state index in [9.17, 15) is 4.79 Å². The molecule has 3 nitrogen and oxygen atoms in total. The summed E-state index contributed by atoms with van der Waals surface area (Å²) < 4.78 is 4.57. The highest BCUT2D eigenvalue weighted by Crippen LogP contribution is 2.13. The first-order chi connectivity index (χ1) is 6.15. The van der Waals surface area contributed by atoms with Crippen LogP contribution >= 0.6 is 0 Å². The van der Waals surface area contributed by atoms with E-state index in [0.717, 1.165) is 17.7 Å². The second-order valence-corrected chi connectivity index (χ2v) is 3.05. The van der Waals surface area contributed by atoms with Gasteiger partial charge in [0.2, 0.25) is 0 Å². The van der Waals surface area contributed by atoms with Crippen molar-refractivity contribution in [3.63, 3.8) is 0 Å². The van der Waals surface area contributed by atoms with Gasteiger partial charge in [0.15, 0.2) is 0 Å². The van der Waals surface area contributed by atoms with Gasteiger partial charge in [-0.25, -0.2) is 0 Å². The molecule has 0 aliphatic heterocycles. The lowest BCUT2D eigenvalue weighted by atomic mass is 10.1. The fraction of sp³-hybridized carbons (Fsp3) is 0.500. The van der Waals surface area contributed by atoms with Crippen molar-refractivity contribution in [3.8, 4) is 0 Å². The van der Waals surface area contributed by atoms with Crippen LogP contribution in [0, 0.1) is 20.0 Å². The van der Waals surface area contributed by atoms with Gasteiger partial charge in [-0.1, -0.05) is 0 Å². The van der Waals surface area contributed by atoms with Crippen molar-refractivity contribution in [2.45, 2.75) is 26.7 Å². The first kappa shape index (κ1) is 9.84. The van der Waals surface area contributed by atoms with Gasteiger partial charge >= 0.3 is 5.97 Å². The Hall–Kier alpha value is -1.25. The van der Waals surface area contributed by atoms with E-state index in [1.54, 1.807) is 0 Å². The first-order valence-corrected chi connectivity index (χ1v) is 4.27. The Morgan fingerprint density at radius 2 is 2.23 bits per heavy atom. The number of hydrogen-bond donors (Lipinski definition) is 1. The third kappa shape index (κ3) is 2.34. The summed E-state index contributed by atoms with van der Waals surface area (Å²) in [6.45, 7) is 3.96. The molecule has 1 aromatic heterocycles. The van der Waals surface area contributed by atoms with Crippen molar-refractivity contribution < 1.29 is 9.53 Å². The molecule has 0 fully saturated rings. The van der Waals surface area contributed by atoms with E-state index in [1.165, 1.54) is 12.7 Å². The number of esters is 1. The molecule has 0 aromatic carbocycles. The van der Waals surface area contributed by atoms with Gasteiger partial charge in [-0.3, -0.25) is 4.79 Å². The maximum absolute atomic E-state index is 10.9. The Kier molecular flexibility index (Phi) is 3.12. The SMILES string of the molecule is COC(=O)CCc1c(C)[c][nH]c1C. The summed E-state index contributed by atoms with van der Waals surface area (Å²) in [5.74, 6) is -0.167. The van der Waals surface area contributed by atoms with Crippen molar-refractivity contribution >= 4 is 5.97 Å². The number of H-pyrrole nitrogens is 1. The van der Waals surface area contributed by atoms with Crippen LogP contribution < -0.4 is 0 Å². The molecule has 0 aliphatic carbocycles. The van der Waals surface area contributed by atoms with Crippen molar-refractivity contribution in [1.82, 2.24) is 4.98 Å². The average Bonchev–Trinajstić information content (AvgIpc) is 2.43. The third-order valence-corrected chi connectivity index (χ3v) is 2.15. The summed E-state index contributed by atoms with van der Waals surface area (Å²) in [5, 5.41) is 0. The number of nitrogens with one attached hydrogen (secondary N) is 1. The molecule has 0 saturated heterocycles. The predicted octanol–water partition coefficient (Wildman–Crippen LogP) is 1.54. The van der Waals surface area contributed by atoms with Gasteiger partial charge < -0.3 is 9.72 Å². The summed E-state index contributed by atoms with van der Waals surface area (Å²) in [5.41, 5.74) is 3.34. The van der Waals surface area contributed by atoms with Crippen LogP contribution in [0.4, 0.5) is 0 Å². The van der Waals surface area contributed by atoms with E-state index in [4.69, 9.17) is 0 Å². The van der Waals surface area contributed by atoms with Crippen molar-refractivity contribution in [3.05, 3.63) is 23.0 Å². The van der Waals surface area contributed by atoms with Crippen LogP contribution in [-0.4, -0.2) is 18.1 Å². The maximum Gasteiger partial charge on any atom is 0.305 e. The second kappa shape index (κ2) is 4.12. The number of aromatic nitrogens is 1. The van der Waals surface area contributed by atoms with Gasteiger partial charge in [-0.15, -0.1) is 0 Å². The Morgan fingerprint density at radius 3 is 2.69 bits per heavy atom. The first-order valence-electron chi connectivity index (χ1n) is 4.27. The lowest BCUT2D eigenvalue weighted by Crippen LogP contribution is -2.02. The van der Waals surface area contributed by atoms with Crippen LogP contribution in [0.25, 0.3) is 0 Å². The largest absolute Gasteiger partial charge is 0.469 e. The van der Waals surface area contributed by atoms with E-state index in [0.29, 0.717) is 6.42 Å². The molecule has 3 heteroatoms. The van der Waals surface area contributed by atoms with Crippen LogP contribution in [0.5, 0.6) is 0 Å². The van der Waals surface area contributed by atoms with Gasteiger partial charge in [0, 0.05) is 12.1 Å². The highest BCUT2D eigenvalue weighted by atomic mass is 16.5. The molecule has 0 amide bonds. The van der Waals surface area contributed by atoms with E-state index in [1.807, 2.05) is 13.8 Å². The second-order valence-electron chi connectivity index (χ2n) is 3.05. The summed E-state index contributed by atoms with van der Waals surface area (Å²) in [4.78, 5) is 13.9. The van der Waals surface area contributed by atoms with Crippen LogP contribution in [0.2, 0.25) is 0 Å². The highest BCUT2D eigenvalue weighted by molar-refractivity contribution is 5.69. The fourth-order valence-electron chi connectivity index (χ4n) is 1.32. The highest BCUT2D eigenvalue weighted by Gasteiger charge is 2.07. The summed E-state index contributed by atoms with van der Waals surface area (Å²) >= 11 is 0. The summed E-state index contributed by atoms with van der Waals surface area (Å²) in [6.07, 6.45) is 4.16. The molecular formula is C10H14NO2. The Balaban J connectivity index is 2.58. The number of aromatic amines is 1. The molecule has 1 radical (unpaired) electrons. The lowest BCUT2D eigenvalue weighted by Gasteiger charge is -2.00. The quantitative estimate of drug-likeness (QED) is 0.717. The number of ether oxygens (including phenoxy) is 1. The van der Waals surface area contributed by atoms with Gasteiger partial charge in [0.05, 0.1) is 13.3 Å². The fourth-order valence-corrected chi connectivity index (χ4v) is 1.32. The minimum Gasteiger partial charge on any atom is -0.469 e. The molecule has 0 saturated carbocycles. The zero-order chi connectivity index (χ0) is 9.84. The number of aryl methyl sites for hydroxylation is 2. The molecule has 13 heavy (non-hydrogen) atoms. The van der Waals surface area contributed by atoms with E-state index < -0.39 is 0 Å². The minimum atomic E-state index is -0.167. The van der Waals surface area contributed by atoms with E-state index in [-0.39, 0.29) is 5.97 Å². The number of carbonyl (C=O) groups excluding carboxylic acids is 1. The average molecular weight is 180 g/mol. The molecule has 71 valence electrons. The lowest BCUT2D eigenvalue weighted by molar-refractivity contribution is -0.140. The molecular weight excluding hydrogens is 166 g/mol. The van der Waals surface area contributed by atoms with Gasteiger partial charge in [-0.2, -0.15) is 0 Å². The van der Waals surface area contributed by atoms with Gasteiger partial charge in [0.25, 0.3) is 0 Å². The summed E-state index contributed by atoms with van der Waals surface area (Å²) in [7, 11) is 1.41. The molecule has 0 aliphatic rings. The van der Waals surface area contributed by atoms with Crippen LogP contribution in [0.3, 0.4) is 0 Å². The predicted molar refractivity (Wildman–Crippen MR) is 49.4 cm³/mol. The zero-order valence-corrected chi connectivity index (χ0v) is 8.23. The molecule has 0 unspecified atom stereocenters. The Morgan fingerprint density at radius 1 is 1.54 bits per heavy atom. The van der Waals surface area contributed by atoms with Crippen molar-refractivity contribution in [1.29, 1.82) is 0 Å². The van der Waals surface area contributed by atoms with E-state index in [2.05, 4.69) is 15.9 Å². The number of methoxy groups -OCH3 is 1. The molecule has 0 bridgehead atoms. The van der Waals surface area contributed by atoms with Gasteiger partial charge in [-0.05, 0) is 31.4 Å². The van der Waals surface area contributed by atoms with Crippen LogP contribution in [0.15, 0.2) is 0 Å². The molecule has 1 aromatic rings. The molecule has 0 atom stereocenters. The third-order valence-electron chi connectivity index (χ3n) is 2.15. The smallest absolute Gasteiger partial charge is 0.305 e. The topological polar surface area (TPSA) is 42.1 Å². The van der Waals surface area contributed by atoms with Crippen LogP contribution in [-0.2, 0) is 16.0 Å². The maximum atomic E-state index is 10.9. The standard InChI is InChI=1S/C10H14NO2/c1-7-6-11-8(2)9(7)4-5-10(12)13-3/h11H,4-5H2,1-3H3. The number of hydrogen-bond acceptors (Lipinski definition) is 2. The number of rotatable bonds is 3. The normalized spacial score (nSPS) is 10.1. The molecule has 0 spiro atoms. The van der Waals surface area contributed by atoms with E-state index >= 15 is 0 Å². The monoisotopic (exact) mass is 180 g/mol. The molecule has 1 rings (SSSR count). The summed E-state index contributed by atoms with van der Waals surface area (Å²) in [6, 6.07) is 0.